The summed E-state index contributed by atoms with van der Waals surface area (Å²) in [5.74, 6) is 0. The van der Waals surface area contributed by atoms with Gasteiger partial charge in [-0.15, -0.1) is 0 Å². The number of rotatable bonds is 3. The fraction of sp³-hybridized carbons (Fsp3) is 0.429. The van der Waals surface area contributed by atoms with Crippen molar-refractivity contribution in [3.8, 4) is 0 Å². The SMILES string of the molecule is C[C@@H]1C=CCCN1[C@@H](CO)c1ccccc1. The van der Waals surface area contributed by atoms with Crippen LogP contribution in [0.25, 0.3) is 0 Å². The Labute approximate surface area is 97.2 Å². The van der Waals surface area contributed by atoms with E-state index in [0.717, 1.165) is 13.0 Å². The van der Waals surface area contributed by atoms with Gasteiger partial charge in [0.25, 0.3) is 0 Å². The first-order valence-corrected chi connectivity index (χ1v) is 5.91. The molecule has 2 atom stereocenters. The Kier molecular flexibility index (Phi) is 3.75. The maximum Gasteiger partial charge on any atom is 0.0628 e. The molecule has 1 N–H and O–H groups in total. The van der Waals surface area contributed by atoms with Crippen molar-refractivity contribution >= 4 is 0 Å². The highest BCUT2D eigenvalue weighted by Crippen LogP contribution is 2.25. The first-order chi connectivity index (χ1) is 7.83. The largest absolute Gasteiger partial charge is 0.394 e. The minimum Gasteiger partial charge on any atom is -0.394 e. The molecule has 1 aliphatic heterocycles. The number of nitrogens with zero attached hydrogens (tertiary/aromatic N) is 1. The molecule has 2 nitrogen and oxygen atoms in total. The molecule has 2 heteroatoms. The van der Waals surface area contributed by atoms with Crippen LogP contribution in [0.3, 0.4) is 0 Å². The quantitative estimate of drug-likeness (QED) is 0.786. The van der Waals surface area contributed by atoms with E-state index >= 15 is 0 Å². The number of benzene rings is 1. The molecule has 0 spiro atoms. The molecule has 2 rings (SSSR count). The van der Waals surface area contributed by atoms with E-state index in [1.54, 1.807) is 0 Å². The molecule has 86 valence electrons. The van der Waals surface area contributed by atoms with Gasteiger partial charge >= 0.3 is 0 Å². The number of hydrogen-bond acceptors (Lipinski definition) is 2. The number of aliphatic hydroxyl groups is 1. The summed E-state index contributed by atoms with van der Waals surface area (Å²) in [6.07, 6.45) is 5.52. The van der Waals surface area contributed by atoms with E-state index in [-0.39, 0.29) is 12.6 Å². The van der Waals surface area contributed by atoms with Crippen molar-refractivity contribution < 1.29 is 5.11 Å². The molecule has 0 saturated carbocycles. The lowest BCUT2D eigenvalue weighted by molar-refractivity contribution is 0.102. The first kappa shape index (κ1) is 11.4. The molecular weight excluding hydrogens is 198 g/mol. The fourth-order valence-corrected chi connectivity index (χ4v) is 2.35. The zero-order valence-electron chi connectivity index (χ0n) is 9.71. The lowest BCUT2D eigenvalue weighted by Crippen LogP contribution is -2.39. The third-order valence-electron chi connectivity index (χ3n) is 3.25. The van der Waals surface area contributed by atoms with Gasteiger partial charge in [-0.25, -0.2) is 0 Å². The molecule has 0 fully saturated rings. The lowest BCUT2D eigenvalue weighted by Gasteiger charge is -2.36. The highest BCUT2D eigenvalue weighted by molar-refractivity contribution is 5.20. The molecule has 0 saturated heterocycles. The molecule has 0 aliphatic carbocycles. The molecular formula is C14H19NO. The highest BCUT2D eigenvalue weighted by atomic mass is 16.3. The summed E-state index contributed by atoms with van der Waals surface area (Å²) in [5, 5.41) is 9.58. The summed E-state index contributed by atoms with van der Waals surface area (Å²) >= 11 is 0. The van der Waals surface area contributed by atoms with Crippen molar-refractivity contribution in [1.29, 1.82) is 0 Å². The molecule has 0 amide bonds. The molecule has 0 unspecified atom stereocenters. The Bertz CT molecular complexity index is 347. The summed E-state index contributed by atoms with van der Waals surface area (Å²) < 4.78 is 0. The van der Waals surface area contributed by atoms with Gasteiger partial charge in [0, 0.05) is 12.6 Å². The van der Waals surface area contributed by atoms with Crippen molar-refractivity contribution in [2.75, 3.05) is 13.2 Å². The van der Waals surface area contributed by atoms with Crippen LogP contribution in [0.4, 0.5) is 0 Å². The minimum atomic E-state index is 0.126. The van der Waals surface area contributed by atoms with Crippen LogP contribution in [0.2, 0.25) is 0 Å². The van der Waals surface area contributed by atoms with Gasteiger partial charge in [-0.2, -0.15) is 0 Å². The van der Waals surface area contributed by atoms with E-state index in [1.807, 2.05) is 18.2 Å². The van der Waals surface area contributed by atoms with Crippen molar-refractivity contribution in [2.45, 2.75) is 25.4 Å². The second-order valence-corrected chi connectivity index (χ2v) is 4.30. The maximum atomic E-state index is 9.58. The second-order valence-electron chi connectivity index (χ2n) is 4.30. The predicted octanol–water partition coefficient (Wildman–Crippen LogP) is 2.37. The number of hydrogen-bond donors (Lipinski definition) is 1. The summed E-state index contributed by atoms with van der Waals surface area (Å²) in [6, 6.07) is 10.8. The van der Waals surface area contributed by atoms with Gasteiger partial charge in [0.05, 0.1) is 12.6 Å². The van der Waals surface area contributed by atoms with Crippen molar-refractivity contribution in [3.63, 3.8) is 0 Å². The Hall–Kier alpha value is -1.12. The third kappa shape index (κ3) is 2.34. The van der Waals surface area contributed by atoms with Crippen LogP contribution < -0.4 is 0 Å². The van der Waals surface area contributed by atoms with Gasteiger partial charge in [-0.3, -0.25) is 4.90 Å². The standard InChI is InChI=1S/C14H19NO/c1-12-7-5-6-10-15(12)14(11-16)13-8-3-2-4-9-13/h2-5,7-9,12,14,16H,6,10-11H2,1H3/t12-,14+/m1/s1. The van der Waals surface area contributed by atoms with E-state index < -0.39 is 0 Å². The Morgan fingerprint density at radius 1 is 1.38 bits per heavy atom. The van der Waals surface area contributed by atoms with Crippen LogP contribution in [0.15, 0.2) is 42.5 Å². The maximum absolute atomic E-state index is 9.58. The molecule has 0 radical (unpaired) electrons. The van der Waals surface area contributed by atoms with Crippen LogP contribution >= 0.6 is 0 Å². The van der Waals surface area contributed by atoms with Crippen molar-refractivity contribution in [2.24, 2.45) is 0 Å². The van der Waals surface area contributed by atoms with Gasteiger partial charge in [-0.1, -0.05) is 42.5 Å². The molecule has 0 aromatic heterocycles. The fourth-order valence-electron chi connectivity index (χ4n) is 2.35. The van der Waals surface area contributed by atoms with Crippen LogP contribution in [-0.2, 0) is 0 Å². The van der Waals surface area contributed by atoms with Crippen molar-refractivity contribution in [3.05, 3.63) is 48.0 Å². The topological polar surface area (TPSA) is 23.5 Å². The second kappa shape index (κ2) is 5.28. The van der Waals surface area contributed by atoms with Crippen molar-refractivity contribution in [1.82, 2.24) is 4.90 Å². The van der Waals surface area contributed by atoms with E-state index in [9.17, 15) is 5.11 Å². The molecule has 1 aliphatic rings. The van der Waals surface area contributed by atoms with Gasteiger partial charge in [0.1, 0.15) is 0 Å². The molecule has 1 aromatic carbocycles. The van der Waals surface area contributed by atoms with E-state index in [1.165, 1.54) is 5.56 Å². The predicted molar refractivity (Wildman–Crippen MR) is 66.2 cm³/mol. The average Bonchev–Trinajstić information content (AvgIpc) is 2.34. The average molecular weight is 217 g/mol. The van der Waals surface area contributed by atoms with Gasteiger partial charge in [0.15, 0.2) is 0 Å². The zero-order chi connectivity index (χ0) is 11.4. The summed E-state index contributed by atoms with van der Waals surface area (Å²) in [4.78, 5) is 2.36. The molecule has 16 heavy (non-hydrogen) atoms. The van der Waals surface area contributed by atoms with Crippen LogP contribution in [0.1, 0.15) is 24.9 Å². The molecule has 1 aromatic rings. The van der Waals surface area contributed by atoms with Gasteiger partial charge < -0.3 is 5.11 Å². The monoisotopic (exact) mass is 217 g/mol. The zero-order valence-corrected chi connectivity index (χ0v) is 9.71. The Balaban J connectivity index is 2.19. The van der Waals surface area contributed by atoms with E-state index in [0.29, 0.717) is 6.04 Å². The van der Waals surface area contributed by atoms with Gasteiger partial charge in [-0.05, 0) is 18.9 Å². The highest BCUT2D eigenvalue weighted by Gasteiger charge is 2.23. The van der Waals surface area contributed by atoms with Crippen LogP contribution in [0.5, 0.6) is 0 Å². The minimum absolute atomic E-state index is 0.126. The summed E-state index contributed by atoms with van der Waals surface area (Å²) in [5.41, 5.74) is 1.20. The normalized spacial score (nSPS) is 23.2. The summed E-state index contributed by atoms with van der Waals surface area (Å²) in [6.45, 7) is 3.39. The van der Waals surface area contributed by atoms with Crippen LogP contribution in [-0.4, -0.2) is 29.2 Å². The number of aliphatic hydroxyl groups excluding tert-OH is 1. The summed E-state index contributed by atoms with van der Waals surface area (Å²) in [7, 11) is 0. The van der Waals surface area contributed by atoms with E-state index in [2.05, 4.69) is 36.1 Å². The molecule has 0 bridgehead atoms. The van der Waals surface area contributed by atoms with E-state index in [4.69, 9.17) is 0 Å². The molecule has 1 heterocycles. The van der Waals surface area contributed by atoms with Gasteiger partial charge in [0.2, 0.25) is 0 Å². The Morgan fingerprint density at radius 2 is 2.12 bits per heavy atom. The van der Waals surface area contributed by atoms with Crippen LogP contribution in [0, 0.1) is 0 Å². The first-order valence-electron chi connectivity index (χ1n) is 5.91. The smallest absolute Gasteiger partial charge is 0.0628 e. The lowest BCUT2D eigenvalue weighted by atomic mass is 10.0. The Morgan fingerprint density at radius 3 is 2.75 bits per heavy atom. The third-order valence-corrected chi connectivity index (χ3v) is 3.25.